The van der Waals surface area contributed by atoms with Crippen molar-refractivity contribution in [3.05, 3.63) is 40.0 Å². The summed E-state index contributed by atoms with van der Waals surface area (Å²) in [6.07, 6.45) is 0.909. The van der Waals surface area contributed by atoms with Crippen molar-refractivity contribution in [2.24, 2.45) is 0 Å². The van der Waals surface area contributed by atoms with Gasteiger partial charge in [0.15, 0.2) is 10.9 Å². The molecule has 7 nitrogen and oxygen atoms in total. The lowest BCUT2D eigenvalue weighted by molar-refractivity contribution is -0.404. The van der Waals surface area contributed by atoms with Gasteiger partial charge in [-0.1, -0.05) is 11.8 Å². The molecule has 0 aliphatic rings. The Balaban J connectivity index is 2.30. The van der Waals surface area contributed by atoms with E-state index in [1.807, 2.05) is 31.1 Å². The molecule has 0 saturated carbocycles. The largest absolute Gasteiger partial charge is 0.454 e. The van der Waals surface area contributed by atoms with Crippen LogP contribution in [0.4, 0.5) is 0 Å². The summed E-state index contributed by atoms with van der Waals surface area (Å²) in [6.45, 7) is 1.38. The molecule has 20 heavy (non-hydrogen) atoms. The van der Waals surface area contributed by atoms with Gasteiger partial charge >= 0.3 is 0 Å². The maximum Gasteiger partial charge on any atom is 0.274 e. The molecule has 0 aromatic carbocycles. The van der Waals surface area contributed by atoms with Crippen LogP contribution in [0.25, 0.3) is 0 Å². The van der Waals surface area contributed by atoms with Crippen LogP contribution in [0.3, 0.4) is 0 Å². The number of nitrogens with zero attached hydrogens (tertiary/aromatic N) is 2. The second kappa shape index (κ2) is 8.49. The monoisotopic (exact) mass is 300 g/mol. The lowest BCUT2D eigenvalue weighted by Gasteiger charge is -2.07. The smallest absolute Gasteiger partial charge is 0.274 e. The van der Waals surface area contributed by atoms with Crippen molar-refractivity contribution in [1.29, 1.82) is 0 Å². The van der Waals surface area contributed by atoms with E-state index in [0.717, 1.165) is 29.4 Å². The van der Waals surface area contributed by atoms with Gasteiger partial charge in [0.1, 0.15) is 5.76 Å². The molecule has 1 aromatic heterocycles. The number of nitro groups is 1. The van der Waals surface area contributed by atoms with Crippen LogP contribution in [0.5, 0.6) is 0 Å². The topological polar surface area (TPSA) is 83.6 Å². The molecule has 1 rings (SSSR count). The first-order valence-corrected chi connectivity index (χ1v) is 7.13. The maximum atomic E-state index is 10.3. The lowest BCUT2D eigenvalue weighted by Crippen LogP contribution is -2.26. The van der Waals surface area contributed by atoms with Crippen molar-refractivity contribution in [3.63, 3.8) is 0 Å². The summed E-state index contributed by atoms with van der Waals surface area (Å²) in [5, 5.41) is 16.9. The average Bonchev–Trinajstić information content (AvgIpc) is 2.79. The van der Waals surface area contributed by atoms with Crippen LogP contribution in [-0.2, 0) is 6.54 Å². The minimum Gasteiger partial charge on any atom is -0.454 e. The van der Waals surface area contributed by atoms with Gasteiger partial charge in [-0.3, -0.25) is 10.1 Å². The molecule has 0 atom stereocenters. The minimum atomic E-state index is -0.494. The lowest BCUT2D eigenvalue weighted by atomic mass is 10.4. The van der Waals surface area contributed by atoms with E-state index in [1.54, 1.807) is 18.8 Å². The molecule has 1 heterocycles. The molecule has 0 saturated heterocycles. The van der Waals surface area contributed by atoms with E-state index in [0.29, 0.717) is 12.4 Å². The summed E-state index contributed by atoms with van der Waals surface area (Å²) < 4.78 is 5.65. The molecule has 0 amide bonds. The van der Waals surface area contributed by atoms with Gasteiger partial charge in [0.05, 0.1) is 11.5 Å². The zero-order valence-corrected chi connectivity index (χ0v) is 12.7. The Hall–Kier alpha value is -1.67. The molecule has 0 aliphatic carbocycles. The van der Waals surface area contributed by atoms with E-state index in [4.69, 9.17) is 4.42 Å². The molecule has 0 aliphatic heterocycles. The van der Waals surface area contributed by atoms with Crippen LogP contribution in [0.2, 0.25) is 0 Å². The summed E-state index contributed by atoms with van der Waals surface area (Å²) in [4.78, 5) is 11.9. The highest BCUT2D eigenvalue weighted by atomic mass is 32.2. The third-order valence-electron chi connectivity index (χ3n) is 2.27. The van der Waals surface area contributed by atoms with Crippen LogP contribution >= 0.6 is 11.8 Å². The summed E-state index contributed by atoms with van der Waals surface area (Å²) in [5.41, 5.74) is 0. The second-order valence-corrected chi connectivity index (χ2v) is 5.41. The quantitative estimate of drug-likeness (QED) is 0.308. The molecule has 112 valence electrons. The van der Waals surface area contributed by atoms with Gasteiger partial charge in [-0.05, 0) is 26.2 Å². The minimum absolute atomic E-state index is 0.392. The number of rotatable bonds is 9. The van der Waals surface area contributed by atoms with E-state index in [9.17, 15) is 10.1 Å². The molecular weight excluding hydrogens is 280 g/mol. The van der Waals surface area contributed by atoms with E-state index < -0.39 is 4.92 Å². The predicted octanol–water partition coefficient (Wildman–Crippen LogP) is 1.32. The molecule has 0 fully saturated rings. The summed E-state index contributed by atoms with van der Waals surface area (Å²) >= 11 is 1.57. The van der Waals surface area contributed by atoms with Crippen LogP contribution < -0.4 is 10.6 Å². The van der Waals surface area contributed by atoms with Gasteiger partial charge < -0.3 is 20.0 Å². The van der Waals surface area contributed by atoms with Crippen molar-refractivity contribution in [1.82, 2.24) is 15.5 Å². The average molecular weight is 300 g/mol. The molecule has 0 bridgehead atoms. The first kappa shape index (κ1) is 16.4. The highest BCUT2D eigenvalue weighted by Gasteiger charge is 2.04. The standard InChI is InChI=1S/C12H20N4O3S/c1-13-11(9-16(17)18)14-6-7-20-12-5-4-10(19-12)8-15(2)3/h4-5,9,13-14H,6-8H2,1-3H3. The fraction of sp³-hybridized carbons (Fsp3) is 0.500. The van der Waals surface area contributed by atoms with Gasteiger partial charge in [0, 0.05) is 19.3 Å². The fourth-order valence-electron chi connectivity index (χ4n) is 1.47. The molecule has 0 spiro atoms. The van der Waals surface area contributed by atoms with Gasteiger partial charge in [-0.25, -0.2) is 0 Å². The molecule has 2 N–H and O–H groups in total. The Morgan fingerprint density at radius 3 is 2.90 bits per heavy atom. The molecule has 8 heteroatoms. The molecule has 0 radical (unpaired) electrons. The molecule has 1 aromatic rings. The van der Waals surface area contributed by atoms with Crippen molar-refractivity contribution < 1.29 is 9.34 Å². The van der Waals surface area contributed by atoms with Gasteiger partial charge in [-0.15, -0.1) is 0 Å². The zero-order valence-electron chi connectivity index (χ0n) is 11.9. The highest BCUT2D eigenvalue weighted by Crippen LogP contribution is 2.21. The van der Waals surface area contributed by atoms with Crippen molar-refractivity contribution in [2.45, 2.75) is 11.6 Å². The van der Waals surface area contributed by atoms with Crippen LogP contribution in [0.15, 0.2) is 33.7 Å². The number of thioether (sulfide) groups is 1. The van der Waals surface area contributed by atoms with Crippen LogP contribution in [-0.4, -0.2) is 43.3 Å². The Kier molecular flexibility index (Phi) is 6.96. The predicted molar refractivity (Wildman–Crippen MR) is 79.0 cm³/mol. The summed E-state index contributed by atoms with van der Waals surface area (Å²) in [7, 11) is 5.61. The first-order valence-electron chi connectivity index (χ1n) is 6.14. The second-order valence-electron chi connectivity index (χ2n) is 4.31. The van der Waals surface area contributed by atoms with Gasteiger partial charge in [0.2, 0.25) is 0 Å². The van der Waals surface area contributed by atoms with E-state index in [1.165, 1.54) is 0 Å². The molecule has 0 unspecified atom stereocenters. The van der Waals surface area contributed by atoms with Crippen molar-refractivity contribution in [3.8, 4) is 0 Å². The summed E-state index contributed by atoms with van der Waals surface area (Å²) in [6, 6.07) is 3.90. The first-order chi connectivity index (χ1) is 9.51. The van der Waals surface area contributed by atoms with Gasteiger partial charge in [-0.2, -0.15) is 0 Å². The van der Waals surface area contributed by atoms with Crippen molar-refractivity contribution in [2.75, 3.05) is 33.4 Å². The Labute approximate surface area is 122 Å². The maximum absolute atomic E-state index is 10.3. The molecular formula is C12H20N4O3S. The number of hydrogen-bond donors (Lipinski definition) is 2. The normalized spacial score (nSPS) is 11.7. The highest BCUT2D eigenvalue weighted by molar-refractivity contribution is 7.99. The Bertz CT molecular complexity index is 459. The number of nitrogens with one attached hydrogen (secondary N) is 2. The number of hydrogen-bond acceptors (Lipinski definition) is 7. The van der Waals surface area contributed by atoms with Crippen LogP contribution in [0, 0.1) is 10.1 Å². The Morgan fingerprint density at radius 2 is 2.30 bits per heavy atom. The SMILES string of the molecule is CNC(=C[N+](=O)[O-])NCCSc1ccc(CN(C)C)o1. The zero-order chi connectivity index (χ0) is 15.0. The van der Waals surface area contributed by atoms with Crippen molar-refractivity contribution >= 4 is 11.8 Å². The van der Waals surface area contributed by atoms with E-state index in [-0.39, 0.29) is 0 Å². The third kappa shape index (κ3) is 6.48. The summed E-state index contributed by atoms with van der Waals surface area (Å²) in [5.74, 6) is 2.07. The van der Waals surface area contributed by atoms with E-state index >= 15 is 0 Å². The van der Waals surface area contributed by atoms with Gasteiger partial charge in [0.25, 0.3) is 6.20 Å². The van der Waals surface area contributed by atoms with Crippen LogP contribution in [0.1, 0.15) is 5.76 Å². The number of furan rings is 1. The fourth-order valence-corrected chi connectivity index (χ4v) is 2.21. The van der Waals surface area contributed by atoms with E-state index in [2.05, 4.69) is 10.6 Å². The Morgan fingerprint density at radius 1 is 1.55 bits per heavy atom. The third-order valence-corrected chi connectivity index (χ3v) is 3.19.